The summed E-state index contributed by atoms with van der Waals surface area (Å²) < 4.78 is 0. The first-order chi connectivity index (χ1) is 14.8. The van der Waals surface area contributed by atoms with Crippen molar-refractivity contribution in [2.75, 3.05) is 5.43 Å². The molecule has 30 heavy (non-hydrogen) atoms. The third-order valence-electron chi connectivity index (χ3n) is 4.76. The number of rotatable bonds is 4. The Kier molecular flexibility index (Phi) is 4.79. The van der Waals surface area contributed by atoms with E-state index >= 15 is 0 Å². The Labute approximate surface area is 178 Å². The predicted molar refractivity (Wildman–Crippen MR) is 123 cm³/mol. The van der Waals surface area contributed by atoms with Crippen molar-refractivity contribution in [3.05, 3.63) is 95.6 Å². The van der Waals surface area contributed by atoms with Crippen molar-refractivity contribution in [1.82, 2.24) is 15.0 Å². The standard InChI is InChI=1S/C24H16ClN5/c25-18-10-11-22-20(14-18)23(16-6-2-1-3-7-16)29-24(28-22)30-27-15-17-12-13-26-21-9-5-4-8-19(17)21/h1-15H,(H,28,29,30)/b27-15-. The van der Waals surface area contributed by atoms with E-state index in [1.165, 1.54) is 0 Å². The number of anilines is 1. The topological polar surface area (TPSA) is 63.1 Å². The number of para-hydroxylation sites is 1. The number of hydrogen-bond donors (Lipinski definition) is 1. The average Bonchev–Trinajstić information content (AvgIpc) is 2.79. The number of aromatic nitrogens is 3. The molecule has 0 unspecified atom stereocenters. The highest BCUT2D eigenvalue weighted by atomic mass is 35.5. The van der Waals surface area contributed by atoms with Crippen LogP contribution >= 0.6 is 11.6 Å². The van der Waals surface area contributed by atoms with Crippen molar-refractivity contribution < 1.29 is 0 Å². The molecule has 1 N–H and O–H groups in total. The highest BCUT2D eigenvalue weighted by molar-refractivity contribution is 6.31. The zero-order chi connectivity index (χ0) is 20.3. The summed E-state index contributed by atoms with van der Waals surface area (Å²) in [5.74, 6) is 0.415. The molecule has 3 aromatic carbocycles. The van der Waals surface area contributed by atoms with E-state index in [0.29, 0.717) is 11.0 Å². The number of benzene rings is 3. The number of hydrogen-bond acceptors (Lipinski definition) is 5. The summed E-state index contributed by atoms with van der Waals surface area (Å²) in [5.41, 5.74) is 7.43. The summed E-state index contributed by atoms with van der Waals surface area (Å²) >= 11 is 6.22. The zero-order valence-corrected chi connectivity index (χ0v) is 16.6. The van der Waals surface area contributed by atoms with Crippen molar-refractivity contribution in [3.63, 3.8) is 0 Å². The van der Waals surface area contributed by atoms with Gasteiger partial charge in [0.15, 0.2) is 0 Å². The van der Waals surface area contributed by atoms with Gasteiger partial charge >= 0.3 is 0 Å². The maximum Gasteiger partial charge on any atom is 0.244 e. The van der Waals surface area contributed by atoms with Crippen LogP contribution in [0.3, 0.4) is 0 Å². The lowest BCUT2D eigenvalue weighted by Gasteiger charge is -2.09. The molecule has 144 valence electrons. The van der Waals surface area contributed by atoms with Crippen LogP contribution in [0.2, 0.25) is 5.02 Å². The van der Waals surface area contributed by atoms with Gasteiger partial charge in [0.1, 0.15) is 0 Å². The number of pyridine rings is 1. The Hall–Kier alpha value is -3.83. The van der Waals surface area contributed by atoms with Gasteiger partial charge in [-0.05, 0) is 30.3 Å². The lowest BCUT2D eigenvalue weighted by Crippen LogP contribution is -2.00. The first-order valence-corrected chi connectivity index (χ1v) is 9.81. The SMILES string of the molecule is Clc1ccc2nc(N/N=C\c3ccnc4ccccc34)nc(-c3ccccc3)c2c1. The van der Waals surface area contributed by atoms with Crippen LogP contribution in [0.1, 0.15) is 5.56 Å². The van der Waals surface area contributed by atoms with Gasteiger partial charge in [0.25, 0.3) is 0 Å². The Bertz CT molecular complexity index is 1380. The second kappa shape index (κ2) is 7.89. The molecule has 0 aliphatic heterocycles. The molecular weight excluding hydrogens is 394 g/mol. The van der Waals surface area contributed by atoms with Gasteiger partial charge < -0.3 is 0 Å². The minimum absolute atomic E-state index is 0.415. The molecule has 2 heterocycles. The van der Waals surface area contributed by atoms with Crippen molar-refractivity contribution in [3.8, 4) is 11.3 Å². The van der Waals surface area contributed by atoms with E-state index in [1.54, 1.807) is 12.4 Å². The van der Waals surface area contributed by atoms with E-state index in [-0.39, 0.29) is 0 Å². The van der Waals surface area contributed by atoms with E-state index in [1.807, 2.05) is 78.9 Å². The molecule has 0 bridgehead atoms. The largest absolute Gasteiger partial charge is 0.256 e. The molecule has 0 aliphatic rings. The van der Waals surface area contributed by atoms with Crippen LogP contribution in [0, 0.1) is 0 Å². The molecular formula is C24H16ClN5. The second-order valence-corrected chi connectivity index (χ2v) is 7.15. The number of nitrogens with zero attached hydrogens (tertiary/aromatic N) is 4. The fourth-order valence-electron chi connectivity index (χ4n) is 3.36. The number of nitrogens with one attached hydrogen (secondary N) is 1. The number of halogens is 1. The third-order valence-corrected chi connectivity index (χ3v) is 4.99. The molecule has 0 spiro atoms. The van der Waals surface area contributed by atoms with Crippen molar-refractivity contribution in [2.45, 2.75) is 0 Å². The first kappa shape index (κ1) is 18.2. The molecule has 5 aromatic rings. The zero-order valence-electron chi connectivity index (χ0n) is 15.8. The predicted octanol–water partition coefficient (Wildman–Crippen LogP) is 5.94. The van der Waals surface area contributed by atoms with Crippen LogP contribution in [0.25, 0.3) is 33.1 Å². The highest BCUT2D eigenvalue weighted by Crippen LogP contribution is 2.29. The molecule has 0 amide bonds. The lowest BCUT2D eigenvalue weighted by atomic mass is 10.1. The van der Waals surface area contributed by atoms with Crippen LogP contribution in [0.4, 0.5) is 5.95 Å². The molecule has 0 atom stereocenters. The van der Waals surface area contributed by atoms with Gasteiger partial charge in [0.05, 0.1) is 22.9 Å². The lowest BCUT2D eigenvalue weighted by molar-refractivity contribution is 1.16. The third kappa shape index (κ3) is 3.58. The molecule has 2 aromatic heterocycles. The first-order valence-electron chi connectivity index (χ1n) is 9.43. The van der Waals surface area contributed by atoms with Crippen LogP contribution in [-0.2, 0) is 0 Å². The van der Waals surface area contributed by atoms with E-state index < -0.39 is 0 Å². The van der Waals surface area contributed by atoms with E-state index in [0.717, 1.165) is 38.6 Å². The van der Waals surface area contributed by atoms with Crippen molar-refractivity contribution in [2.24, 2.45) is 5.10 Å². The molecule has 5 rings (SSSR count). The quantitative estimate of drug-likeness (QED) is 0.294. The number of fused-ring (bicyclic) bond motifs is 2. The minimum Gasteiger partial charge on any atom is -0.256 e. The van der Waals surface area contributed by atoms with Gasteiger partial charge in [-0.25, -0.2) is 15.4 Å². The monoisotopic (exact) mass is 409 g/mol. The fraction of sp³-hybridized carbons (Fsp3) is 0. The van der Waals surface area contributed by atoms with Crippen molar-refractivity contribution in [1.29, 1.82) is 0 Å². The Morgan fingerprint density at radius 3 is 2.53 bits per heavy atom. The normalized spacial score (nSPS) is 11.4. The van der Waals surface area contributed by atoms with Crippen molar-refractivity contribution >= 4 is 45.6 Å². The van der Waals surface area contributed by atoms with Gasteiger partial charge in [-0.1, -0.05) is 60.1 Å². The maximum absolute atomic E-state index is 6.22. The minimum atomic E-state index is 0.415. The van der Waals surface area contributed by atoms with Crippen LogP contribution in [0.5, 0.6) is 0 Å². The molecule has 0 fully saturated rings. The molecule has 0 radical (unpaired) electrons. The van der Waals surface area contributed by atoms with Gasteiger partial charge in [-0.15, -0.1) is 0 Å². The Balaban J connectivity index is 1.53. The molecule has 5 nitrogen and oxygen atoms in total. The van der Waals surface area contributed by atoms with E-state index in [4.69, 9.17) is 16.6 Å². The van der Waals surface area contributed by atoms with Crippen LogP contribution < -0.4 is 5.43 Å². The summed E-state index contributed by atoms with van der Waals surface area (Å²) in [6.07, 6.45) is 3.52. The molecule has 0 saturated carbocycles. The van der Waals surface area contributed by atoms with E-state index in [9.17, 15) is 0 Å². The second-order valence-electron chi connectivity index (χ2n) is 6.71. The van der Waals surface area contributed by atoms with Gasteiger partial charge in [0, 0.05) is 33.1 Å². The Morgan fingerprint density at radius 1 is 0.800 bits per heavy atom. The van der Waals surface area contributed by atoms with Crippen LogP contribution in [-0.4, -0.2) is 21.2 Å². The fourth-order valence-corrected chi connectivity index (χ4v) is 3.53. The molecule has 0 aliphatic carbocycles. The smallest absolute Gasteiger partial charge is 0.244 e. The maximum atomic E-state index is 6.22. The summed E-state index contributed by atoms with van der Waals surface area (Å²) in [5, 5.41) is 6.94. The molecule has 6 heteroatoms. The van der Waals surface area contributed by atoms with E-state index in [2.05, 4.69) is 20.5 Å². The average molecular weight is 410 g/mol. The Morgan fingerprint density at radius 2 is 1.63 bits per heavy atom. The van der Waals surface area contributed by atoms with Gasteiger partial charge in [0.2, 0.25) is 5.95 Å². The summed E-state index contributed by atoms with van der Waals surface area (Å²) in [6.45, 7) is 0. The van der Waals surface area contributed by atoms with Gasteiger partial charge in [-0.2, -0.15) is 5.10 Å². The highest BCUT2D eigenvalue weighted by Gasteiger charge is 2.10. The summed E-state index contributed by atoms with van der Waals surface area (Å²) in [6, 6.07) is 25.4. The van der Waals surface area contributed by atoms with Crippen LogP contribution in [0.15, 0.2) is 90.2 Å². The summed E-state index contributed by atoms with van der Waals surface area (Å²) in [4.78, 5) is 13.7. The summed E-state index contributed by atoms with van der Waals surface area (Å²) in [7, 11) is 0. The molecule has 0 saturated heterocycles. The van der Waals surface area contributed by atoms with Gasteiger partial charge in [-0.3, -0.25) is 4.98 Å². The number of hydrazone groups is 1.